The lowest BCUT2D eigenvalue weighted by molar-refractivity contribution is -0.192. The van der Waals surface area contributed by atoms with Gasteiger partial charge in [0.25, 0.3) is 0 Å². The number of carboxylic acids is 2. The molecule has 26 heteroatoms. The summed E-state index contributed by atoms with van der Waals surface area (Å²) in [7, 11) is 2.76. The maximum Gasteiger partial charge on any atom is 0.408 e. The van der Waals surface area contributed by atoms with E-state index in [-0.39, 0.29) is 60.7 Å². The number of alkyl carbamates (subject to hydrolysis) is 1. The second kappa shape index (κ2) is 38.2. The van der Waals surface area contributed by atoms with E-state index in [1.54, 1.807) is 11.8 Å². The molecule has 578 valence electrons. The molecule has 2 aromatic carbocycles. The normalized spacial score (nSPS) is 26.8. The summed E-state index contributed by atoms with van der Waals surface area (Å²) in [4.78, 5) is 143. The molecule has 25 nitrogen and oxygen atoms in total. The lowest BCUT2D eigenvalue weighted by Crippen LogP contribution is -2.73. The summed E-state index contributed by atoms with van der Waals surface area (Å²) in [5, 5.41) is 30.2. The largest absolute Gasteiger partial charge is 0.481 e. The molecule has 2 aromatic rings. The van der Waals surface area contributed by atoms with E-state index in [2.05, 4.69) is 38.1 Å². The van der Waals surface area contributed by atoms with Crippen molar-refractivity contribution in [3.8, 4) is 0 Å². The highest BCUT2D eigenvalue weighted by molar-refractivity contribution is 6.03. The Balaban J connectivity index is 0.000000201. The number of piperazine rings is 2. The molecule has 4 atom stereocenters. The van der Waals surface area contributed by atoms with Crippen LogP contribution in [0.5, 0.6) is 0 Å². The van der Waals surface area contributed by atoms with Crippen LogP contribution in [-0.2, 0) is 80.0 Å². The molecule has 6 amide bonds. The van der Waals surface area contributed by atoms with Gasteiger partial charge in [-0.2, -0.15) is 9.59 Å². The molecule has 0 radical (unpaired) electrons. The number of likely N-dealkylation sites (tertiary alicyclic amines) is 1. The van der Waals surface area contributed by atoms with Crippen molar-refractivity contribution in [2.24, 2.45) is 11.1 Å². The highest BCUT2D eigenvalue weighted by Crippen LogP contribution is 2.44. The van der Waals surface area contributed by atoms with Crippen molar-refractivity contribution in [3.63, 3.8) is 0 Å². The van der Waals surface area contributed by atoms with Gasteiger partial charge in [-0.1, -0.05) is 157 Å². The quantitative estimate of drug-likeness (QED) is 0.0812. The van der Waals surface area contributed by atoms with Crippen LogP contribution in [0.3, 0.4) is 0 Å². The molecular formula is C78H117ClN8O17. The van der Waals surface area contributed by atoms with Crippen LogP contribution >= 0.6 is 12.4 Å². The van der Waals surface area contributed by atoms with Gasteiger partial charge in [0.2, 0.25) is 29.5 Å². The fourth-order valence-electron chi connectivity index (χ4n) is 17.4. The predicted octanol–water partition coefficient (Wildman–Crippen LogP) is 10.1. The third kappa shape index (κ3) is 20.2. The smallest absolute Gasteiger partial charge is 0.408 e. The maximum absolute atomic E-state index is 13.6. The number of hydrogen-bond acceptors (Lipinski definition) is 17. The Hall–Kier alpha value is -7.47. The molecule has 0 bridgehead atoms. The predicted molar refractivity (Wildman–Crippen MR) is 389 cm³/mol. The molecule has 8 N–H and O–H groups in total. The number of ether oxygens (including phenoxy) is 3. The minimum Gasteiger partial charge on any atom is -0.481 e. The van der Waals surface area contributed by atoms with E-state index in [1.807, 2.05) is 79.1 Å². The van der Waals surface area contributed by atoms with Crippen LogP contribution in [0.2, 0.25) is 0 Å². The van der Waals surface area contributed by atoms with Crippen LogP contribution < -0.4 is 27.0 Å². The Morgan fingerprint density at radius 1 is 0.519 bits per heavy atom. The molecule has 13 rings (SSSR count). The zero-order valence-corrected chi connectivity index (χ0v) is 63.2. The highest BCUT2D eigenvalue weighted by atomic mass is 35.5. The van der Waals surface area contributed by atoms with Gasteiger partial charge in [0, 0.05) is 19.6 Å². The third-order valence-corrected chi connectivity index (χ3v) is 24.0. The summed E-state index contributed by atoms with van der Waals surface area (Å²) in [6.45, 7) is 10.5. The van der Waals surface area contributed by atoms with Crippen molar-refractivity contribution in [2.75, 3.05) is 40.4 Å². The Kier molecular flexibility index (Phi) is 31.4. The number of halogens is 1. The summed E-state index contributed by atoms with van der Waals surface area (Å²) >= 11 is 0. The number of nitrogens with one attached hydrogen (secondary N) is 4. The molecule has 0 unspecified atom stereocenters. The number of rotatable bonds is 11. The third-order valence-electron chi connectivity index (χ3n) is 24.0. The molecule has 11 aliphatic rings. The first-order chi connectivity index (χ1) is 49.1. The van der Waals surface area contributed by atoms with Crippen molar-refractivity contribution in [1.82, 2.24) is 36.0 Å². The molecule has 6 saturated heterocycles. The Morgan fingerprint density at radius 3 is 1.36 bits per heavy atom. The number of esters is 2. The minimum absolute atomic E-state index is 0. The first kappa shape index (κ1) is 85.5. The Morgan fingerprint density at radius 2 is 0.942 bits per heavy atom. The van der Waals surface area contributed by atoms with E-state index in [0.29, 0.717) is 38.6 Å². The van der Waals surface area contributed by atoms with Gasteiger partial charge < -0.3 is 66.1 Å². The minimum atomic E-state index is -1.04. The van der Waals surface area contributed by atoms with Crippen molar-refractivity contribution >= 4 is 78.1 Å². The zero-order valence-electron chi connectivity index (χ0n) is 62.4. The number of aryl methyl sites for hydroxylation is 1. The van der Waals surface area contributed by atoms with Crippen molar-refractivity contribution in [3.05, 3.63) is 71.8 Å². The lowest BCUT2D eigenvalue weighted by atomic mass is 9.71. The van der Waals surface area contributed by atoms with Gasteiger partial charge in [-0.05, 0) is 174 Å². The summed E-state index contributed by atoms with van der Waals surface area (Å²) in [6, 6.07) is 19.6. The number of carbonyl (C=O) groups is 10. The van der Waals surface area contributed by atoms with Crippen LogP contribution in [0, 0.1) is 5.41 Å². The topological polar surface area (TPSA) is 357 Å². The summed E-state index contributed by atoms with van der Waals surface area (Å²) in [5.74, 6) is -1.72. The zero-order chi connectivity index (χ0) is 75.2. The Labute approximate surface area is 619 Å². The van der Waals surface area contributed by atoms with E-state index in [4.69, 9.17) is 29.9 Å². The number of methoxy groups -OCH3 is 2. The molecule has 104 heavy (non-hydrogen) atoms. The molecule has 5 aliphatic carbocycles. The molecule has 6 heterocycles. The fraction of sp³-hybridized carbons (Fsp3) is 0.705. The van der Waals surface area contributed by atoms with Gasteiger partial charge in [0.15, 0.2) is 0 Å². The van der Waals surface area contributed by atoms with Gasteiger partial charge >= 0.3 is 36.1 Å². The van der Waals surface area contributed by atoms with Crippen molar-refractivity contribution in [2.45, 2.75) is 303 Å². The van der Waals surface area contributed by atoms with Crippen molar-refractivity contribution < 1.29 is 82.0 Å². The number of carbonyl (C=O) groups excluding carboxylic acids is 10. The lowest BCUT2D eigenvalue weighted by Gasteiger charge is -2.49. The molecule has 2 spiro atoms. The second-order valence-corrected chi connectivity index (χ2v) is 31.1. The first-order valence-corrected chi connectivity index (χ1v) is 37.9. The molecule has 6 aliphatic heterocycles. The molecular weight excluding hydrogens is 1360 g/mol. The van der Waals surface area contributed by atoms with E-state index >= 15 is 0 Å². The van der Waals surface area contributed by atoms with Crippen LogP contribution in [0.4, 0.5) is 4.79 Å². The number of hydrogen-bond donors (Lipinski definition) is 7. The summed E-state index contributed by atoms with van der Waals surface area (Å²) < 4.78 is 15.0. The second-order valence-electron chi connectivity index (χ2n) is 31.1. The van der Waals surface area contributed by atoms with E-state index in [9.17, 15) is 53.1 Å². The standard InChI is InChI=1S/C22H30N2O5.C15H20O2.2C13H20N2O2.2C7H13NO2.CO2.ClH/c1-21(19(26)28-2)12-9-15-24(21)18(25)22(13-7-4-8-14-22)23-20(27)29-16-17-10-5-3-6-11-17;16-14(17)15(10-5-2-6-11-15)12-9-13-7-3-1-4-8-13;2*1-12-6-5-9-15(12)11(17)13(14-10(12)16)7-3-2-4-8-13;1-7(6(9)10-2)4-3-5-8-7;8-7(6(9)10)4-2-1-3-5-7;2-1-3;/h3,5-6,10-11H,4,7-9,12-16H2,1-2H3,(H,23,27);1,3-4,7-8H,2,5-6,9-12H2,(H,16,17);2*2-9H2,1H3,(H,14,16);8H,3-5H2,1-2H3;1-5,8H2,(H,9,10);;1H/t21-;;2*12-;7-;;;/m0.000.../s1. The van der Waals surface area contributed by atoms with Gasteiger partial charge in [0.1, 0.15) is 50.9 Å². The van der Waals surface area contributed by atoms with E-state index in [1.165, 1.54) is 39.0 Å². The monoisotopic (exact) mass is 1470 g/mol. The molecule has 0 aromatic heterocycles. The highest BCUT2D eigenvalue weighted by Gasteiger charge is 2.60. The average Bonchev–Trinajstić information content (AvgIpc) is 1.46. The number of aliphatic carboxylic acids is 2. The van der Waals surface area contributed by atoms with Crippen LogP contribution in [-0.4, -0.2) is 175 Å². The van der Waals surface area contributed by atoms with Crippen LogP contribution in [0.1, 0.15) is 257 Å². The van der Waals surface area contributed by atoms with Gasteiger partial charge in [0.05, 0.1) is 19.6 Å². The van der Waals surface area contributed by atoms with Gasteiger partial charge in [-0.3, -0.25) is 38.4 Å². The van der Waals surface area contributed by atoms with Crippen LogP contribution in [0.15, 0.2) is 60.7 Å². The van der Waals surface area contributed by atoms with Gasteiger partial charge in [-0.15, -0.1) is 12.4 Å². The SMILES string of the molecule is COC(=O)[C@]1(C)CCCN1.COC(=O)[C@]1(C)CCCN1C(=O)C1(NC(=O)OCc2ccccc2)CCCCC1.C[C@@]12CCCN1C(=O)C1(CCCCC1)NC2=O.C[C@@]12CCCN1C(=O)C1(CCCCC1)NC2=O.Cl.NC1(C(=O)O)CCCCC1.O=C(O)C1(CCc2ccccc2)CCCCC1.O=C=O. The fourth-order valence-corrected chi connectivity index (χ4v) is 17.4. The van der Waals surface area contributed by atoms with Gasteiger partial charge in [-0.25, -0.2) is 9.59 Å². The van der Waals surface area contributed by atoms with E-state index in [0.717, 1.165) is 199 Å². The number of fused-ring (bicyclic) bond motifs is 2. The maximum atomic E-state index is 13.6. The number of amides is 6. The first-order valence-electron chi connectivity index (χ1n) is 37.9. The van der Waals surface area contributed by atoms with E-state index < -0.39 is 73.7 Å². The summed E-state index contributed by atoms with van der Waals surface area (Å²) in [6.07, 6.45) is 31.1. The Bertz CT molecular complexity index is 3190. The van der Waals surface area contributed by atoms with Crippen LogP contribution in [0.25, 0.3) is 0 Å². The average molecular weight is 1470 g/mol. The number of carboxylic acid groups (broad SMARTS) is 2. The van der Waals surface area contributed by atoms with Crippen molar-refractivity contribution in [1.29, 1.82) is 0 Å². The molecule has 11 fully saturated rings. The number of nitrogens with zero attached hydrogens (tertiary/aromatic N) is 3. The number of nitrogens with two attached hydrogens (primary N) is 1. The summed E-state index contributed by atoms with van der Waals surface area (Å²) in [5.41, 5.74) is 1.69. The molecule has 5 saturated carbocycles. The number of benzene rings is 2.